The Labute approximate surface area is 172 Å². The van der Waals surface area contributed by atoms with E-state index in [-0.39, 0.29) is 29.1 Å². The molecule has 1 atom stereocenters. The van der Waals surface area contributed by atoms with Gasteiger partial charge in [-0.05, 0) is 50.7 Å². The number of para-hydroxylation sites is 1. The molecule has 1 amide bonds. The number of ether oxygens (including phenoxy) is 1. The van der Waals surface area contributed by atoms with Crippen LogP contribution >= 0.6 is 11.8 Å². The standard InChI is InChI=1S/C21H24FN3O3S/c22-16-8-2-3-9-17(16)23-19(26)13-29-20-15-7-1-4-10-18(15)25(21(27)24-20)12-14-6-5-11-28-14/h2-3,8-9,14H,1,4-7,10-13H2,(H,23,26)/t14-/m0/s1. The first kappa shape index (κ1) is 20.1. The summed E-state index contributed by atoms with van der Waals surface area (Å²) in [5, 5.41) is 3.19. The summed E-state index contributed by atoms with van der Waals surface area (Å²) in [7, 11) is 0. The Morgan fingerprint density at radius 3 is 2.90 bits per heavy atom. The van der Waals surface area contributed by atoms with Crippen LogP contribution in [0.1, 0.15) is 36.9 Å². The Balaban J connectivity index is 1.50. The molecular formula is C21H24FN3O3S. The van der Waals surface area contributed by atoms with Crippen LogP contribution in [0.4, 0.5) is 10.1 Å². The Morgan fingerprint density at radius 1 is 1.28 bits per heavy atom. The summed E-state index contributed by atoms with van der Waals surface area (Å²) < 4.78 is 21.2. The molecule has 8 heteroatoms. The van der Waals surface area contributed by atoms with Gasteiger partial charge >= 0.3 is 5.69 Å². The molecule has 6 nitrogen and oxygen atoms in total. The highest BCUT2D eigenvalue weighted by molar-refractivity contribution is 8.00. The monoisotopic (exact) mass is 417 g/mol. The van der Waals surface area contributed by atoms with Crippen LogP contribution in [0.3, 0.4) is 0 Å². The number of amides is 1. The van der Waals surface area contributed by atoms with Gasteiger partial charge in [0.1, 0.15) is 10.8 Å². The molecule has 4 rings (SSSR count). The molecule has 1 aliphatic heterocycles. The van der Waals surface area contributed by atoms with Gasteiger partial charge in [-0.25, -0.2) is 9.18 Å². The van der Waals surface area contributed by atoms with Gasteiger partial charge in [0.2, 0.25) is 5.91 Å². The molecule has 1 aromatic heterocycles. The Hall–Kier alpha value is -2.19. The first-order valence-corrected chi connectivity index (χ1v) is 11.0. The van der Waals surface area contributed by atoms with E-state index in [2.05, 4.69) is 10.3 Å². The fourth-order valence-electron chi connectivity index (χ4n) is 3.93. The number of thioether (sulfide) groups is 1. The molecule has 29 heavy (non-hydrogen) atoms. The van der Waals surface area contributed by atoms with Gasteiger partial charge in [0.25, 0.3) is 0 Å². The van der Waals surface area contributed by atoms with Crippen LogP contribution in [0.25, 0.3) is 0 Å². The lowest BCUT2D eigenvalue weighted by Gasteiger charge is -2.24. The van der Waals surface area contributed by atoms with E-state index in [0.29, 0.717) is 11.6 Å². The van der Waals surface area contributed by atoms with Crippen LogP contribution in [0.2, 0.25) is 0 Å². The molecule has 154 valence electrons. The summed E-state index contributed by atoms with van der Waals surface area (Å²) in [6, 6.07) is 6.05. The van der Waals surface area contributed by atoms with Crippen molar-refractivity contribution in [2.45, 2.75) is 56.2 Å². The number of nitrogens with one attached hydrogen (secondary N) is 1. The number of aromatic nitrogens is 2. The predicted molar refractivity (Wildman–Crippen MR) is 110 cm³/mol. The summed E-state index contributed by atoms with van der Waals surface area (Å²) in [5.74, 6) is -0.726. The normalized spacial score (nSPS) is 18.4. The molecule has 0 saturated carbocycles. The molecule has 1 saturated heterocycles. The molecular weight excluding hydrogens is 393 g/mol. The first-order valence-electron chi connectivity index (χ1n) is 10.0. The van der Waals surface area contributed by atoms with Crippen LogP contribution in [0, 0.1) is 5.82 Å². The van der Waals surface area contributed by atoms with Crippen molar-refractivity contribution < 1.29 is 13.9 Å². The number of hydrogen-bond acceptors (Lipinski definition) is 5. The van der Waals surface area contributed by atoms with Crippen molar-refractivity contribution in [2.75, 3.05) is 17.7 Å². The molecule has 0 spiro atoms. The molecule has 0 unspecified atom stereocenters. The van der Waals surface area contributed by atoms with E-state index in [9.17, 15) is 14.0 Å². The van der Waals surface area contributed by atoms with E-state index in [0.717, 1.165) is 56.4 Å². The quantitative estimate of drug-likeness (QED) is 0.577. The second kappa shape index (κ2) is 9.09. The minimum Gasteiger partial charge on any atom is -0.376 e. The zero-order valence-electron chi connectivity index (χ0n) is 16.2. The fourth-order valence-corrected chi connectivity index (χ4v) is 4.81. The number of benzene rings is 1. The smallest absolute Gasteiger partial charge is 0.348 e. The van der Waals surface area contributed by atoms with E-state index in [4.69, 9.17) is 4.74 Å². The third-order valence-electron chi connectivity index (χ3n) is 5.35. The van der Waals surface area contributed by atoms with Gasteiger partial charge in [0, 0.05) is 17.9 Å². The third kappa shape index (κ3) is 4.70. The molecule has 0 radical (unpaired) electrons. The average Bonchev–Trinajstić information content (AvgIpc) is 3.24. The van der Waals surface area contributed by atoms with Gasteiger partial charge in [0.05, 0.1) is 24.1 Å². The SMILES string of the molecule is O=C(CSc1nc(=O)n(C[C@@H]2CCCO2)c2c1CCCC2)Nc1ccccc1F. The van der Waals surface area contributed by atoms with Crippen molar-refractivity contribution in [2.24, 2.45) is 0 Å². The molecule has 0 bridgehead atoms. The number of nitrogens with zero attached hydrogens (tertiary/aromatic N) is 2. The van der Waals surface area contributed by atoms with Gasteiger partial charge in [0.15, 0.2) is 0 Å². The highest BCUT2D eigenvalue weighted by Gasteiger charge is 2.24. The lowest BCUT2D eigenvalue weighted by molar-refractivity contribution is -0.113. The van der Waals surface area contributed by atoms with Crippen molar-refractivity contribution in [3.63, 3.8) is 0 Å². The predicted octanol–water partition coefficient (Wildman–Crippen LogP) is 3.17. The highest BCUT2D eigenvalue weighted by atomic mass is 32.2. The van der Waals surface area contributed by atoms with Crippen LogP contribution < -0.4 is 11.0 Å². The number of rotatable bonds is 6. The number of fused-ring (bicyclic) bond motifs is 1. The average molecular weight is 418 g/mol. The van der Waals surface area contributed by atoms with E-state index in [1.807, 2.05) is 0 Å². The van der Waals surface area contributed by atoms with Gasteiger partial charge in [-0.1, -0.05) is 23.9 Å². The second-order valence-corrected chi connectivity index (χ2v) is 8.36. The molecule has 2 aromatic rings. The Bertz CT molecular complexity index is 957. The number of carbonyl (C=O) groups is 1. The number of halogens is 1. The maximum Gasteiger partial charge on any atom is 0.348 e. The summed E-state index contributed by atoms with van der Waals surface area (Å²) in [4.78, 5) is 29.3. The van der Waals surface area contributed by atoms with E-state index in [1.54, 1.807) is 16.7 Å². The first-order chi connectivity index (χ1) is 14.1. The van der Waals surface area contributed by atoms with E-state index < -0.39 is 5.82 Å². The maximum atomic E-state index is 13.7. The van der Waals surface area contributed by atoms with Gasteiger partial charge < -0.3 is 10.1 Å². The summed E-state index contributed by atoms with van der Waals surface area (Å²) in [6.07, 6.45) is 5.85. The van der Waals surface area contributed by atoms with Gasteiger partial charge in [-0.15, -0.1) is 0 Å². The topological polar surface area (TPSA) is 73.2 Å². The molecule has 1 fully saturated rings. The lowest BCUT2D eigenvalue weighted by Crippen LogP contribution is -2.34. The van der Waals surface area contributed by atoms with Crippen molar-refractivity contribution >= 4 is 23.4 Å². The fraction of sp³-hybridized carbons (Fsp3) is 0.476. The third-order valence-corrected chi connectivity index (χ3v) is 6.37. The Morgan fingerprint density at radius 2 is 2.10 bits per heavy atom. The van der Waals surface area contributed by atoms with Crippen molar-refractivity contribution in [1.82, 2.24) is 9.55 Å². The molecule has 2 heterocycles. The van der Waals surface area contributed by atoms with Crippen LogP contribution in [0.5, 0.6) is 0 Å². The van der Waals surface area contributed by atoms with Crippen molar-refractivity contribution in [3.05, 3.63) is 51.8 Å². The lowest BCUT2D eigenvalue weighted by atomic mass is 9.97. The second-order valence-electron chi connectivity index (χ2n) is 7.39. The van der Waals surface area contributed by atoms with E-state index in [1.165, 1.54) is 23.9 Å². The summed E-state index contributed by atoms with van der Waals surface area (Å²) >= 11 is 1.24. The maximum absolute atomic E-state index is 13.7. The van der Waals surface area contributed by atoms with Crippen molar-refractivity contribution in [3.8, 4) is 0 Å². The van der Waals surface area contributed by atoms with Crippen LogP contribution in [-0.4, -0.2) is 33.9 Å². The number of hydrogen-bond donors (Lipinski definition) is 1. The largest absolute Gasteiger partial charge is 0.376 e. The van der Waals surface area contributed by atoms with E-state index >= 15 is 0 Å². The van der Waals surface area contributed by atoms with Crippen LogP contribution in [0.15, 0.2) is 34.1 Å². The molecule has 2 aliphatic rings. The van der Waals surface area contributed by atoms with Gasteiger partial charge in [-0.3, -0.25) is 9.36 Å². The molecule has 1 aliphatic carbocycles. The summed E-state index contributed by atoms with van der Waals surface area (Å²) in [6.45, 7) is 1.30. The zero-order valence-corrected chi connectivity index (χ0v) is 17.0. The zero-order chi connectivity index (χ0) is 20.2. The Kier molecular flexibility index (Phi) is 6.30. The van der Waals surface area contributed by atoms with Crippen LogP contribution in [-0.2, 0) is 28.9 Å². The minimum atomic E-state index is -0.474. The summed E-state index contributed by atoms with van der Waals surface area (Å²) in [5.41, 5.74) is 1.97. The highest BCUT2D eigenvalue weighted by Crippen LogP contribution is 2.29. The molecule has 1 aromatic carbocycles. The number of carbonyl (C=O) groups excluding carboxylic acids is 1. The van der Waals surface area contributed by atoms with Gasteiger partial charge in [-0.2, -0.15) is 4.98 Å². The van der Waals surface area contributed by atoms with Crippen molar-refractivity contribution in [1.29, 1.82) is 0 Å². The molecule has 1 N–H and O–H groups in total. The minimum absolute atomic E-state index is 0.0724. The number of anilines is 1.